The molecule has 0 rings (SSSR count). The summed E-state index contributed by atoms with van der Waals surface area (Å²) in [5, 5.41) is 8.55. The lowest BCUT2D eigenvalue weighted by Gasteiger charge is -2.03. The maximum atomic E-state index is 8.55. The molecule has 0 bridgehead atoms. The molecule has 0 radical (unpaired) electrons. The van der Waals surface area contributed by atoms with E-state index < -0.39 is 6.23 Å². The van der Waals surface area contributed by atoms with Crippen LogP contribution in [-0.2, 0) is 4.74 Å². The molecule has 56 valence electrons. The number of ether oxygens (including phenoxy) is 1. The first-order valence-electron chi connectivity index (χ1n) is 3.28. The molecule has 0 saturated heterocycles. The Labute approximate surface area is 55.8 Å². The highest BCUT2D eigenvalue weighted by atomic mass is 16.5. The molecule has 0 fully saturated rings. The number of rotatable bonds is 5. The van der Waals surface area contributed by atoms with E-state index in [-0.39, 0.29) is 0 Å². The van der Waals surface area contributed by atoms with Crippen molar-refractivity contribution in [2.75, 3.05) is 13.2 Å². The second-order valence-electron chi connectivity index (χ2n) is 1.97. The zero-order valence-electron chi connectivity index (χ0n) is 5.84. The van der Waals surface area contributed by atoms with Crippen LogP contribution in [0.2, 0.25) is 0 Å². The van der Waals surface area contributed by atoms with Crippen molar-refractivity contribution in [3.8, 4) is 0 Å². The lowest BCUT2D eigenvalue weighted by molar-refractivity contribution is 0.0850. The Kier molecular flexibility index (Phi) is 5.93. The van der Waals surface area contributed by atoms with E-state index in [0.29, 0.717) is 13.0 Å². The molecule has 0 amide bonds. The zero-order valence-corrected chi connectivity index (χ0v) is 5.84. The van der Waals surface area contributed by atoms with Crippen molar-refractivity contribution < 1.29 is 9.84 Å². The minimum atomic E-state index is -0.721. The van der Waals surface area contributed by atoms with Crippen LogP contribution in [0, 0.1) is 0 Å². The highest BCUT2D eigenvalue weighted by Crippen LogP contribution is 1.86. The lowest BCUT2D eigenvalue weighted by atomic mass is 10.4. The van der Waals surface area contributed by atoms with Gasteiger partial charge in [-0.05, 0) is 6.42 Å². The fourth-order valence-corrected chi connectivity index (χ4v) is 0.450. The van der Waals surface area contributed by atoms with Gasteiger partial charge in [-0.1, -0.05) is 6.92 Å². The maximum Gasteiger partial charge on any atom is 0.104 e. The van der Waals surface area contributed by atoms with Gasteiger partial charge in [-0.2, -0.15) is 0 Å². The van der Waals surface area contributed by atoms with Crippen molar-refractivity contribution in [1.82, 2.24) is 0 Å². The van der Waals surface area contributed by atoms with Gasteiger partial charge >= 0.3 is 0 Å². The standard InChI is InChI=1S/C6H15NO2/c1-2-4-9-5-3-6(7)8/h6,8H,2-5,7H2,1H3. The van der Waals surface area contributed by atoms with Crippen molar-refractivity contribution >= 4 is 0 Å². The summed E-state index contributed by atoms with van der Waals surface area (Å²) in [6.45, 7) is 3.36. The van der Waals surface area contributed by atoms with E-state index in [2.05, 4.69) is 0 Å². The van der Waals surface area contributed by atoms with Crippen LogP contribution >= 0.6 is 0 Å². The minimum absolute atomic E-state index is 0.528. The average molecular weight is 133 g/mol. The third-order valence-electron chi connectivity index (χ3n) is 0.906. The van der Waals surface area contributed by atoms with Gasteiger partial charge in [0.05, 0.1) is 6.61 Å². The van der Waals surface area contributed by atoms with Crippen LogP contribution in [0.3, 0.4) is 0 Å². The lowest BCUT2D eigenvalue weighted by Crippen LogP contribution is -2.20. The van der Waals surface area contributed by atoms with Gasteiger partial charge in [0.25, 0.3) is 0 Å². The SMILES string of the molecule is CCCOCCC(N)O. The molecule has 0 aliphatic rings. The summed E-state index contributed by atoms with van der Waals surface area (Å²) in [5.41, 5.74) is 5.05. The van der Waals surface area contributed by atoms with E-state index in [9.17, 15) is 0 Å². The molecule has 0 aromatic heterocycles. The monoisotopic (exact) mass is 133 g/mol. The van der Waals surface area contributed by atoms with Gasteiger partial charge < -0.3 is 15.6 Å². The Morgan fingerprint density at radius 2 is 2.22 bits per heavy atom. The molecule has 0 aromatic rings. The van der Waals surface area contributed by atoms with Crippen LogP contribution in [0.1, 0.15) is 19.8 Å². The third kappa shape index (κ3) is 7.88. The van der Waals surface area contributed by atoms with E-state index in [1.54, 1.807) is 0 Å². The van der Waals surface area contributed by atoms with Gasteiger partial charge in [0.15, 0.2) is 0 Å². The van der Waals surface area contributed by atoms with Gasteiger partial charge in [0, 0.05) is 13.0 Å². The summed E-state index contributed by atoms with van der Waals surface area (Å²) in [7, 11) is 0. The number of aliphatic hydroxyl groups excluding tert-OH is 1. The van der Waals surface area contributed by atoms with Gasteiger partial charge in [-0.3, -0.25) is 0 Å². The maximum absolute atomic E-state index is 8.55. The summed E-state index contributed by atoms with van der Waals surface area (Å²) in [5.74, 6) is 0. The smallest absolute Gasteiger partial charge is 0.104 e. The molecule has 0 aliphatic carbocycles. The van der Waals surface area contributed by atoms with Crippen LogP contribution in [-0.4, -0.2) is 24.5 Å². The molecule has 0 saturated carbocycles. The van der Waals surface area contributed by atoms with Crippen LogP contribution in [0.15, 0.2) is 0 Å². The first-order chi connectivity index (χ1) is 4.27. The van der Waals surface area contributed by atoms with Gasteiger partial charge in [0.2, 0.25) is 0 Å². The fourth-order valence-electron chi connectivity index (χ4n) is 0.450. The third-order valence-corrected chi connectivity index (χ3v) is 0.906. The number of hydrogen-bond donors (Lipinski definition) is 2. The van der Waals surface area contributed by atoms with Crippen molar-refractivity contribution in [2.24, 2.45) is 5.73 Å². The summed E-state index contributed by atoms with van der Waals surface area (Å²) >= 11 is 0. The Bertz CT molecular complexity index is 57.0. The summed E-state index contributed by atoms with van der Waals surface area (Å²) in [4.78, 5) is 0. The molecule has 1 atom stereocenters. The summed E-state index contributed by atoms with van der Waals surface area (Å²) in [6, 6.07) is 0. The molecule has 9 heavy (non-hydrogen) atoms. The summed E-state index contributed by atoms with van der Waals surface area (Å²) < 4.78 is 5.05. The Balaban J connectivity index is 2.75. The molecule has 3 heteroatoms. The molecular weight excluding hydrogens is 118 g/mol. The van der Waals surface area contributed by atoms with Crippen LogP contribution < -0.4 is 5.73 Å². The largest absolute Gasteiger partial charge is 0.381 e. The van der Waals surface area contributed by atoms with Crippen molar-refractivity contribution in [2.45, 2.75) is 26.0 Å². The van der Waals surface area contributed by atoms with Crippen molar-refractivity contribution in [3.05, 3.63) is 0 Å². The second-order valence-corrected chi connectivity index (χ2v) is 1.97. The minimum Gasteiger partial charge on any atom is -0.381 e. The van der Waals surface area contributed by atoms with Gasteiger partial charge in [-0.15, -0.1) is 0 Å². The molecule has 0 spiro atoms. The number of aliphatic hydroxyl groups is 1. The highest BCUT2D eigenvalue weighted by molar-refractivity contribution is 4.41. The van der Waals surface area contributed by atoms with E-state index in [4.69, 9.17) is 15.6 Å². The first-order valence-corrected chi connectivity index (χ1v) is 3.28. The first kappa shape index (κ1) is 8.88. The quantitative estimate of drug-likeness (QED) is 0.412. The topological polar surface area (TPSA) is 55.5 Å². The van der Waals surface area contributed by atoms with Crippen molar-refractivity contribution in [3.63, 3.8) is 0 Å². The molecule has 0 aliphatic heterocycles. The Morgan fingerprint density at radius 1 is 1.56 bits per heavy atom. The molecule has 3 nitrogen and oxygen atoms in total. The molecule has 0 heterocycles. The number of hydrogen-bond acceptors (Lipinski definition) is 3. The van der Waals surface area contributed by atoms with E-state index in [1.165, 1.54) is 0 Å². The highest BCUT2D eigenvalue weighted by Gasteiger charge is 1.93. The molecule has 3 N–H and O–H groups in total. The zero-order chi connectivity index (χ0) is 7.11. The predicted octanol–water partition coefficient (Wildman–Crippen LogP) is 0.0802. The van der Waals surface area contributed by atoms with Crippen LogP contribution in [0.4, 0.5) is 0 Å². The fraction of sp³-hybridized carbons (Fsp3) is 1.00. The van der Waals surface area contributed by atoms with Gasteiger partial charge in [-0.25, -0.2) is 0 Å². The van der Waals surface area contributed by atoms with E-state index in [0.717, 1.165) is 13.0 Å². The Hall–Kier alpha value is -0.120. The predicted molar refractivity (Wildman–Crippen MR) is 35.9 cm³/mol. The van der Waals surface area contributed by atoms with E-state index in [1.807, 2.05) is 6.92 Å². The Morgan fingerprint density at radius 3 is 2.67 bits per heavy atom. The molecule has 0 aromatic carbocycles. The molecular formula is C6H15NO2. The number of nitrogens with two attached hydrogens (primary N) is 1. The second kappa shape index (κ2) is 6.01. The normalized spacial score (nSPS) is 13.7. The van der Waals surface area contributed by atoms with E-state index >= 15 is 0 Å². The average Bonchev–Trinajstić information content (AvgIpc) is 1.80. The van der Waals surface area contributed by atoms with Crippen molar-refractivity contribution in [1.29, 1.82) is 0 Å². The van der Waals surface area contributed by atoms with Crippen LogP contribution in [0.5, 0.6) is 0 Å². The molecule has 1 unspecified atom stereocenters. The summed E-state index contributed by atoms with van der Waals surface area (Å²) in [6.07, 6.45) is 0.822. The van der Waals surface area contributed by atoms with Gasteiger partial charge in [0.1, 0.15) is 6.23 Å². The van der Waals surface area contributed by atoms with Crippen LogP contribution in [0.25, 0.3) is 0 Å².